The van der Waals surface area contributed by atoms with E-state index in [1.165, 1.54) is 32.2 Å². The summed E-state index contributed by atoms with van der Waals surface area (Å²) in [5, 5.41) is 15.2. The van der Waals surface area contributed by atoms with E-state index in [-0.39, 0.29) is 16.9 Å². The Morgan fingerprint density at radius 1 is 0.964 bits per heavy atom. The molecule has 3 rings (SSSR count). The molecule has 1 heterocycles. The minimum absolute atomic E-state index is 0.112. The Kier molecular flexibility index (Phi) is 5.04. The third-order valence-corrected chi connectivity index (χ3v) is 3.79. The minimum Gasteiger partial charge on any atom is -0.507 e. The maximum atomic E-state index is 12.2. The van der Waals surface area contributed by atoms with Gasteiger partial charge in [0.05, 0.1) is 5.56 Å². The number of carbonyl (C=O) groups is 3. The van der Waals surface area contributed by atoms with Gasteiger partial charge in [-0.2, -0.15) is 0 Å². The number of nitrogens with one attached hydrogen (secondary N) is 2. The zero-order chi connectivity index (χ0) is 20.3. The maximum absolute atomic E-state index is 12.2. The molecule has 1 aliphatic rings. The van der Waals surface area contributed by atoms with E-state index in [1.54, 1.807) is 36.4 Å². The summed E-state index contributed by atoms with van der Waals surface area (Å²) in [6.07, 6.45) is 1.20. The largest absolute Gasteiger partial charge is 0.507 e. The van der Waals surface area contributed by atoms with Crippen molar-refractivity contribution >= 4 is 29.2 Å². The predicted molar refractivity (Wildman–Crippen MR) is 100 cm³/mol. The lowest BCUT2D eigenvalue weighted by molar-refractivity contribution is -0.222. The van der Waals surface area contributed by atoms with Gasteiger partial charge < -0.3 is 25.2 Å². The number of aromatic hydroxyl groups is 1. The summed E-state index contributed by atoms with van der Waals surface area (Å²) >= 11 is 0. The number of ether oxygens (including phenoxy) is 2. The summed E-state index contributed by atoms with van der Waals surface area (Å²) in [6.45, 7) is 2.93. The van der Waals surface area contributed by atoms with Crippen LogP contribution in [0.2, 0.25) is 0 Å². The molecule has 144 valence electrons. The molecular weight excluding hydrogens is 364 g/mol. The van der Waals surface area contributed by atoms with E-state index >= 15 is 0 Å². The Bertz CT molecular complexity index is 941. The molecule has 28 heavy (non-hydrogen) atoms. The molecule has 0 unspecified atom stereocenters. The number of carbonyl (C=O) groups excluding carboxylic acids is 3. The topological polar surface area (TPSA) is 114 Å². The van der Waals surface area contributed by atoms with Gasteiger partial charge in [-0.15, -0.1) is 0 Å². The van der Waals surface area contributed by atoms with Crippen molar-refractivity contribution in [2.45, 2.75) is 19.6 Å². The highest BCUT2D eigenvalue weighted by Crippen LogP contribution is 2.23. The van der Waals surface area contributed by atoms with Gasteiger partial charge in [0.25, 0.3) is 11.7 Å². The van der Waals surface area contributed by atoms with Crippen LogP contribution in [0.3, 0.4) is 0 Å². The lowest BCUT2D eigenvalue weighted by Crippen LogP contribution is -2.42. The predicted octanol–water partition coefficient (Wildman–Crippen LogP) is 2.78. The molecule has 2 aromatic carbocycles. The number of hydrogen-bond acceptors (Lipinski definition) is 7. The third kappa shape index (κ3) is 4.29. The van der Waals surface area contributed by atoms with Crippen molar-refractivity contribution in [3.05, 3.63) is 65.9 Å². The Labute approximate surface area is 160 Å². The van der Waals surface area contributed by atoms with Crippen LogP contribution < -0.4 is 10.6 Å². The number of amides is 1. The Morgan fingerprint density at radius 2 is 1.54 bits per heavy atom. The van der Waals surface area contributed by atoms with Crippen molar-refractivity contribution in [2.24, 2.45) is 0 Å². The van der Waals surface area contributed by atoms with Crippen molar-refractivity contribution < 1.29 is 29.0 Å². The second kappa shape index (κ2) is 7.43. The second-order valence-electron chi connectivity index (χ2n) is 6.43. The van der Waals surface area contributed by atoms with Crippen LogP contribution in [0.15, 0.2) is 60.3 Å². The molecule has 0 radical (unpaired) electrons. The van der Waals surface area contributed by atoms with Gasteiger partial charge in [-0.25, -0.2) is 9.59 Å². The number of cyclic esters (lactones) is 2. The van der Waals surface area contributed by atoms with Crippen molar-refractivity contribution in [1.29, 1.82) is 0 Å². The number of phenols is 1. The molecule has 3 N–H and O–H groups in total. The molecule has 1 aliphatic heterocycles. The fraction of sp³-hybridized carbons (Fsp3) is 0.150. The first-order valence-corrected chi connectivity index (χ1v) is 8.38. The van der Waals surface area contributed by atoms with Crippen LogP contribution in [0.5, 0.6) is 5.75 Å². The van der Waals surface area contributed by atoms with E-state index in [2.05, 4.69) is 10.6 Å². The molecular formula is C20H18N2O6. The SMILES string of the molecule is CC1(C)OC(=O)C(=CNc2ccc(NC(=O)c3ccccc3O)cc2)C(=O)O1. The van der Waals surface area contributed by atoms with E-state index in [0.29, 0.717) is 11.4 Å². The number of benzene rings is 2. The van der Waals surface area contributed by atoms with Crippen LogP contribution >= 0.6 is 0 Å². The summed E-state index contributed by atoms with van der Waals surface area (Å²) in [5.74, 6) is -3.41. The van der Waals surface area contributed by atoms with Crippen LogP contribution in [-0.2, 0) is 19.1 Å². The highest BCUT2D eigenvalue weighted by Gasteiger charge is 2.38. The van der Waals surface area contributed by atoms with Crippen molar-refractivity contribution in [2.75, 3.05) is 10.6 Å². The monoisotopic (exact) mass is 382 g/mol. The van der Waals surface area contributed by atoms with Gasteiger partial charge >= 0.3 is 11.9 Å². The first-order chi connectivity index (χ1) is 13.2. The van der Waals surface area contributed by atoms with Gasteiger partial charge in [0, 0.05) is 31.4 Å². The number of esters is 2. The van der Waals surface area contributed by atoms with Crippen LogP contribution in [0.25, 0.3) is 0 Å². The Balaban J connectivity index is 1.65. The number of para-hydroxylation sites is 1. The first kappa shape index (κ1) is 19.0. The third-order valence-electron chi connectivity index (χ3n) is 3.79. The molecule has 8 heteroatoms. The average molecular weight is 382 g/mol. The van der Waals surface area contributed by atoms with Gasteiger partial charge in [-0.3, -0.25) is 4.79 Å². The molecule has 0 aliphatic carbocycles. The number of anilines is 2. The fourth-order valence-corrected chi connectivity index (χ4v) is 2.45. The summed E-state index contributed by atoms with van der Waals surface area (Å²) in [6, 6.07) is 12.7. The van der Waals surface area contributed by atoms with Gasteiger partial charge in [-0.1, -0.05) is 12.1 Å². The van der Waals surface area contributed by atoms with Crippen molar-refractivity contribution in [3.8, 4) is 5.75 Å². The summed E-state index contributed by atoms with van der Waals surface area (Å²) < 4.78 is 10.0. The van der Waals surface area contributed by atoms with Crippen LogP contribution in [0.1, 0.15) is 24.2 Å². The smallest absolute Gasteiger partial charge is 0.350 e. The zero-order valence-corrected chi connectivity index (χ0v) is 15.2. The van der Waals surface area contributed by atoms with Crippen molar-refractivity contribution in [1.82, 2.24) is 0 Å². The Hall–Kier alpha value is -3.81. The highest BCUT2D eigenvalue weighted by atomic mass is 16.7. The second-order valence-corrected chi connectivity index (χ2v) is 6.43. The first-order valence-electron chi connectivity index (χ1n) is 8.38. The molecule has 2 aromatic rings. The molecule has 1 saturated heterocycles. The van der Waals surface area contributed by atoms with Gasteiger partial charge in [0.15, 0.2) is 5.57 Å². The minimum atomic E-state index is -1.29. The lowest BCUT2D eigenvalue weighted by atomic mass is 10.2. The van der Waals surface area contributed by atoms with E-state index in [1.807, 2.05) is 0 Å². The van der Waals surface area contributed by atoms with Gasteiger partial charge in [0.2, 0.25) is 0 Å². The van der Waals surface area contributed by atoms with Crippen LogP contribution in [0, 0.1) is 0 Å². The quantitative estimate of drug-likeness (QED) is 0.423. The lowest BCUT2D eigenvalue weighted by Gasteiger charge is -2.29. The van der Waals surface area contributed by atoms with E-state index in [0.717, 1.165) is 0 Å². The molecule has 0 bridgehead atoms. The van der Waals surface area contributed by atoms with E-state index in [9.17, 15) is 19.5 Å². The van der Waals surface area contributed by atoms with Crippen LogP contribution in [0.4, 0.5) is 11.4 Å². The van der Waals surface area contributed by atoms with Crippen molar-refractivity contribution in [3.63, 3.8) is 0 Å². The molecule has 0 spiro atoms. The summed E-state index contributed by atoms with van der Waals surface area (Å²) in [4.78, 5) is 35.9. The fourth-order valence-electron chi connectivity index (χ4n) is 2.45. The van der Waals surface area contributed by atoms with E-state index in [4.69, 9.17) is 9.47 Å². The van der Waals surface area contributed by atoms with Crippen LogP contribution in [-0.4, -0.2) is 28.7 Å². The number of phenolic OH excluding ortho intramolecular Hbond substituents is 1. The molecule has 1 amide bonds. The Morgan fingerprint density at radius 3 is 2.14 bits per heavy atom. The molecule has 0 aromatic heterocycles. The normalized spacial score (nSPS) is 15.3. The zero-order valence-electron chi connectivity index (χ0n) is 15.2. The molecule has 1 fully saturated rings. The summed E-state index contributed by atoms with van der Waals surface area (Å²) in [7, 11) is 0. The standard InChI is InChI=1S/C20H18N2O6/c1-20(2)27-18(25)15(19(26)28-20)11-21-12-7-9-13(10-8-12)22-17(24)14-5-3-4-6-16(14)23/h3-11,21,23H,1-2H3,(H,22,24). The highest BCUT2D eigenvalue weighted by molar-refractivity contribution is 6.15. The molecule has 0 saturated carbocycles. The van der Waals surface area contributed by atoms with Gasteiger partial charge in [-0.05, 0) is 36.4 Å². The summed E-state index contributed by atoms with van der Waals surface area (Å²) in [5.41, 5.74) is 0.978. The molecule has 8 nitrogen and oxygen atoms in total. The average Bonchev–Trinajstić information content (AvgIpc) is 2.61. The van der Waals surface area contributed by atoms with E-state index < -0.39 is 23.6 Å². The number of rotatable bonds is 4. The number of hydrogen-bond donors (Lipinski definition) is 3. The molecule has 0 atom stereocenters. The maximum Gasteiger partial charge on any atom is 0.350 e. The van der Waals surface area contributed by atoms with Gasteiger partial charge in [0.1, 0.15) is 5.75 Å².